The van der Waals surface area contributed by atoms with Gasteiger partial charge in [-0.2, -0.15) is 0 Å². The maximum atomic E-state index is 11.6. The van der Waals surface area contributed by atoms with Gasteiger partial charge in [0.2, 0.25) is 5.91 Å². The molecule has 1 aliphatic carbocycles. The lowest BCUT2D eigenvalue weighted by atomic mass is 9.89. The minimum absolute atomic E-state index is 0.481. The molecule has 0 aromatic heterocycles. The van der Waals surface area contributed by atoms with Gasteiger partial charge in [-0.15, -0.1) is 0 Å². The highest BCUT2D eigenvalue weighted by molar-refractivity contribution is 5.81. The number of benzene rings is 1. The van der Waals surface area contributed by atoms with E-state index in [1.165, 1.54) is 0 Å². The molecule has 1 aromatic rings. The van der Waals surface area contributed by atoms with Crippen LogP contribution in [0.5, 0.6) is 11.5 Å². The first-order chi connectivity index (χ1) is 14.2. The van der Waals surface area contributed by atoms with Crippen LogP contribution in [0.15, 0.2) is 18.2 Å². The summed E-state index contributed by atoms with van der Waals surface area (Å²) in [5.74, 6) is -28.6. The normalized spacial score (nSPS) is 30.6. The number of carbonyl (C=O) groups excluding carboxylic acids is 1. The Hall–Kier alpha value is -2.19. The molecule has 1 aliphatic heterocycles. The molecule has 16 nitrogen and oxygen atoms in total. The van der Waals surface area contributed by atoms with E-state index in [1.54, 1.807) is 5.32 Å². The molecule has 13 N–H and O–H groups in total. The Morgan fingerprint density at radius 2 is 1.28 bits per heavy atom. The van der Waals surface area contributed by atoms with Gasteiger partial charge in [-0.05, 0) is 17.7 Å². The van der Waals surface area contributed by atoms with Crippen molar-refractivity contribution in [3.8, 4) is 11.5 Å². The average Bonchev–Trinajstić information content (AvgIpc) is 2.89. The quantitative estimate of drug-likeness (QED) is 0.183. The molecule has 16 heteroatoms. The summed E-state index contributed by atoms with van der Waals surface area (Å²) in [7, 11) is 0.999. The molecule has 1 atom stereocenters. The predicted octanol–water partition coefficient (Wildman–Crippen LogP) is -7.15. The van der Waals surface area contributed by atoms with E-state index in [0.717, 1.165) is 19.2 Å². The van der Waals surface area contributed by atoms with Crippen molar-refractivity contribution < 1.29 is 75.5 Å². The summed E-state index contributed by atoms with van der Waals surface area (Å²) in [4.78, 5) is 11.6. The van der Waals surface area contributed by atoms with E-state index in [-0.39, 0.29) is 0 Å². The van der Waals surface area contributed by atoms with Crippen LogP contribution < -0.4 is 14.8 Å². The largest absolute Gasteiger partial charge is 0.493 e. The van der Waals surface area contributed by atoms with Crippen molar-refractivity contribution in [2.24, 2.45) is 0 Å². The molecule has 3 rings (SSSR count). The first-order valence-electron chi connectivity index (χ1n) is 8.60. The third kappa shape index (κ3) is 2.59. The van der Waals surface area contributed by atoms with Crippen LogP contribution in [0, 0.1) is 0 Å². The smallest absolute Gasteiger partial charge is 0.329 e. The van der Waals surface area contributed by atoms with Crippen molar-refractivity contribution in [2.45, 2.75) is 46.9 Å². The zero-order chi connectivity index (χ0) is 24.8. The van der Waals surface area contributed by atoms with Gasteiger partial charge in [0.05, 0.1) is 13.5 Å². The van der Waals surface area contributed by atoms with Crippen molar-refractivity contribution in [3.05, 3.63) is 23.8 Å². The first kappa shape index (κ1) is 24.5. The van der Waals surface area contributed by atoms with E-state index in [2.05, 4.69) is 0 Å². The molecular formula is C16H21NO15. The summed E-state index contributed by atoms with van der Waals surface area (Å²) in [6.07, 6.45) is -0.906. The number of aliphatic hydroxyl groups is 12. The monoisotopic (exact) mass is 467 g/mol. The fourth-order valence-electron chi connectivity index (χ4n) is 3.52. The number of amides is 1. The average molecular weight is 467 g/mol. The van der Waals surface area contributed by atoms with E-state index in [9.17, 15) is 66.1 Å². The number of nitrogens with one attached hydrogen (secondary N) is 1. The second-order valence-electron chi connectivity index (χ2n) is 7.56. The molecule has 1 saturated heterocycles. The molecule has 180 valence electrons. The topological polar surface area (TPSA) is 290 Å². The van der Waals surface area contributed by atoms with Crippen LogP contribution >= 0.6 is 0 Å². The van der Waals surface area contributed by atoms with E-state index < -0.39 is 69.8 Å². The minimum atomic E-state index is -4.63. The van der Waals surface area contributed by atoms with Crippen molar-refractivity contribution in [2.75, 3.05) is 7.11 Å². The van der Waals surface area contributed by atoms with Crippen LogP contribution in [0.25, 0.3) is 0 Å². The van der Waals surface area contributed by atoms with Crippen molar-refractivity contribution >= 4 is 5.91 Å². The van der Waals surface area contributed by atoms with Gasteiger partial charge in [-0.25, -0.2) is 0 Å². The van der Waals surface area contributed by atoms with Crippen LogP contribution in [0.3, 0.4) is 0 Å². The second-order valence-corrected chi connectivity index (χ2v) is 7.56. The summed E-state index contributed by atoms with van der Waals surface area (Å²) < 4.78 is 9.60. The van der Waals surface area contributed by atoms with Gasteiger partial charge in [0, 0.05) is 0 Å². The molecule has 1 amide bonds. The Balaban J connectivity index is 2.17. The number of ether oxygens (including phenoxy) is 2. The standard InChI is InChI=1S/C16H21NO15/c1-31-7-3-2-6(10(19)5-9(18)17-16(10,29)30)4-8(7)32-15(28)13(24,25)11(20,21)12(22,23)14(15,26)27/h2-4,19-30H,5H2,1H3,(H,17,18). The molecule has 32 heavy (non-hydrogen) atoms. The van der Waals surface area contributed by atoms with Crippen LogP contribution in [0.1, 0.15) is 12.0 Å². The molecule has 0 spiro atoms. The zero-order valence-corrected chi connectivity index (χ0v) is 16.0. The van der Waals surface area contributed by atoms with Gasteiger partial charge < -0.3 is 76.1 Å². The van der Waals surface area contributed by atoms with Gasteiger partial charge in [0.25, 0.3) is 29.1 Å². The Bertz CT molecular complexity index is 929. The summed E-state index contributed by atoms with van der Waals surface area (Å²) in [6.45, 7) is 0. The Labute approximate surface area is 177 Å². The van der Waals surface area contributed by atoms with Gasteiger partial charge >= 0.3 is 5.79 Å². The Morgan fingerprint density at radius 3 is 1.69 bits per heavy atom. The SMILES string of the molecule is COc1ccc(C2(O)CC(=O)NC2(O)O)cc1OC1(O)C(O)(O)C(O)(O)C(O)(O)C1(O)O. The number of carbonyl (C=O) groups is 1. The molecule has 1 aromatic carbocycles. The summed E-state index contributed by atoms with van der Waals surface area (Å²) in [5, 5.41) is 122. The van der Waals surface area contributed by atoms with Gasteiger partial charge in [0.15, 0.2) is 17.1 Å². The third-order valence-electron chi connectivity index (χ3n) is 5.61. The van der Waals surface area contributed by atoms with Crippen molar-refractivity contribution in [1.29, 1.82) is 0 Å². The summed E-state index contributed by atoms with van der Waals surface area (Å²) in [6, 6.07) is 2.51. The molecule has 0 bridgehead atoms. The lowest BCUT2D eigenvalue weighted by Gasteiger charge is -2.39. The Morgan fingerprint density at radius 1 is 0.781 bits per heavy atom. The van der Waals surface area contributed by atoms with E-state index >= 15 is 0 Å². The Kier molecular flexibility index (Phi) is 4.92. The third-order valence-corrected chi connectivity index (χ3v) is 5.61. The lowest BCUT2D eigenvalue weighted by Crippen LogP contribution is -2.70. The van der Waals surface area contributed by atoms with Crippen molar-refractivity contribution in [1.82, 2.24) is 5.32 Å². The van der Waals surface area contributed by atoms with Crippen LogP contribution in [-0.2, 0) is 10.4 Å². The second kappa shape index (κ2) is 6.44. The molecule has 2 aliphatic rings. The summed E-state index contributed by atoms with van der Waals surface area (Å²) >= 11 is 0. The predicted molar refractivity (Wildman–Crippen MR) is 91.1 cm³/mol. The molecular weight excluding hydrogens is 446 g/mol. The number of hydrogen-bond donors (Lipinski definition) is 13. The van der Waals surface area contributed by atoms with Gasteiger partial charge in [0.1, 0.15) is 0 Å². The zero-order valence-electron chi connectivity index (χ0n) is 16.0. The highest BCUT2D eigenvalue weighted by Crippen LogP contribution is 2.55. The highest BCUT2D eigenvalue weighted by Gasteiger charge is 2.93. The summed E-state index contributed by atoms with van der Waals surface area (Å²) in [5.41, 5.74) is -3.30. The maximum Gasteiger partial charge on any atom is 0.329 e. The molecule has 2 fully saturated rings. The molecule has 1 unspecified atom stereocenters. The number of hydrogen-bond acceptors (Lipinski definition) is 15. The van der Waals surface area contributed by atoms with Crippen LogP contribution in [0.4, 0.5) is 0 Å². The van der Waals surface area contributed by atoms with Crippen LogP contribution in [0.2, 0.25) is 0 Å². The fourth-order valence-corrected chi connectivity index (χ4v) is 3.52. The van der Waals surface area contributed by atoms with Gasteiger partial charge in [-0.1, -0.05) is 6.07 Å². The molecule has 0 radical (unpaired) electrons. The van der Waals surface area contributed by atoms with Crippen molar-refractivity contribution in [3.63, 3.8) is 0 Å². The molecule has 1 saturated carbocycles. The highest BCUT2D eigenvalue weighted by atomic mass is 16.8. The van der Waals surface area contributed by atoms with E-state index in [4.69, 9.17) is 9.47 Å². The van der Waals surface area contributed by atoms with Crippen LogP contribution in [-0.4, -0.2) is 109 Å². The maximum absolute atomic E-state index is 11.6. The number of rotatable bonds is 4. The fraction of sp³-hybridized carbons (Fsp3) is 0.562. The molecule has 1 heterocycles. The lowest BCUT2D eigenvalue weighted by molar-refractivity contribution is -0.452. The van der Waals surface area contributed by atoms with E-state index in [1.807, 2.05) is 0 Å². The van der Waals surface area contributed by atoms with Gasteiger partial charge in [-0.3, -0.25) is 4.79 Å². The first-order valence-corrected chi connectivity index (χ1v) is 8.60. The van der Waals surface area contributed by atoms with E-state index in [0.29, 0.717) is 6.07 Å². The number of methoxy groups -OCH3 is 1. The minimum Gasteiger partial charge on any atom is -0.493 e.